The first kappa shape index (κ1) is 21.9. The molecule has 0 radical (unpaired) electrons. The Morgan fingerprint density at radius 3 is 2.58 bits per heavy atom. The van der Waals surface area contributed by atoms with Crippen molar-refractivity contribution >= 4 is 23.9 Å². The number of primary amides is 1. The largest absolute Gasteiger partial charge is 0.494 e. The highest BCUT2D eigenvalue weighted by atomic mass is 16.6. The molecule has 8 nitrogen and oxygen atoms in total. The standard InChI is InChI=1S/C23H24N2O6/c1-3-4-11-29-17-8-6-16(7-9-17)22-25-18(23(27)31-22)12-15-5-10-19(20(13-15)28-2)30-14-21(24)26/h5-10,12-13H,3-4,11,14H2,1-2H3,(H2,24,26)/b18-12-. The third-order valence-electron chi connectivity index (χ3n) is 4.35. The van der Waals surface area contributed by atoms with E-state index >= 15 is 0 Å². The van der Waals surface area contributed by atoms with Crippen molar-refractivity contribution in [3.8, 4) is 17.2 Å². The zero-order valence-corrected chi connectivity index (χ0v) is 17.4. The van der Waals surface area contributed by atoms with Crippen LogP contribution >= 0.6 is 0 Å². The summed E-state index contributed by atoms with van der Waals surface area (Å²) >= 11 is 0. The molecule has 1 heterocycles. The van der Waals surface area contributed by atoms with E-state index in [2.05, 4.69) is 11.9 Å². The Labute approximate surface area is 180 Å². The third-order valence-corrected chi connectivity index (χ3v) is 4.35. The van der Waals surface area contributed by atoms with Crippen molar-refractivity contribution in [2.24, 2.45) is 10.7 Å². The molecule has 31 heavy (non-hydrogen) atoms. The quantitative estimate of drug-likeness (QED) is 0.357. The summed E-state index contributed by atoms with van der Waals surface area (Å²) in [6, 6.07) is 12.2. The van der Waals surface area contributed by atoms with E-state index in [9.17, 15) is 9.59 Å². The van der Waals surface area contributed by atoms with Gasteiger partial charge in [-0.25, -0.2) is 9.79 Å². The van der Waals surface area contributed by atoms with Crippen molar-refractivity contribution in [1.82, 2.24) is 0 Å². The van der Waals surface area contributed by atoms with Gasteiger partial charge < -0.3 is 24.7 Å². The van der Waals surface area contributed by atoms with E-state index in [1.807, 2.05) is 12.1 Å². The summed E-state index contributed by atoms with van der Waals surface area (Å²) in [5.74, 6) is 0.594. The number of benzene rings is 2. The van der Waals surface area contributed by atoms with Crippen LogP contribution in [0.3, 0.4) is 0 Å². The molecule has 2 aromatic rings. The number of amides is 1. The van der Waals surface area contributed by atoms with Gasteiger partial charge in [0.15, 0.2) is 23.8 Å². The molecular weight excluding hydrogens is 400 g/mol. The Bertz CT molecular complexity index is 1010. The topological polar surface area (TPSA) is 109 Å². The zero-order chi connectivity index (χ0) is 22.2. The summed E-state index contributed by atoms with van der Waals surface area (Å²) in [5.41, 5.74) is 6.58. The maximum atomic E-state index is 12.3. The minimum Gasteiger partial charge on any atom is -0.494 e. The number of esters is 1. The summed E-state index contributed by atoms with van der Waals surface area (Å²) in [4.78, 5) is 27.5. The fourth-order valence-corrected chi connectivity index (χ4v) is 2.76. The molecule has 0 fully saturated rings. The number of aliphatic imine (C=N–C) groups is 1. The lowest BCUT2D eigenvalue weighted by atomic mass is 10.1. The van der Waals surface area contributed by atoms with Crippen LogP contribution in [0.1, 0.15) is 30.9 Å². The fourth-order valence-electron chi connectivity index (χ4n) is 2.76. The van der Waals surface area contributed by atoms with Gasteiger partial charge >= 0.3 is 5.97 Å². The van der Waals surface area contributed by atoms with Gasteiger partial charge in [0.25, 0.3) is 5.91 Å². The Morgan fingerprint density at radius 1 is 1.13 bits per heavy atom. The lowest BCUT2D eigenvalue weighted by Crippen LogP contribution is -2.20. The Kier molecular flexibility index (Phi) is 7.26. The highest BCUT2D eigenvalue weighted by Crippen LogP contribution is 2.30. The molecule has 8 heteroatoms. The molecule has 2 N–H and O–H groups in total. The summed E-state index contributed by atoms with van der Waals surface area (Å²) < 4.78 is 21.5. The lowest BCUT2D eigenvalue weighted by Gasteiger charge is -2.09. The number of carbonyl (C=O) groups excluding carboxylic acids is 2. The molecule has 0 bridgehead atoms. The van der Waals surface area contributed by atoms with Crippen LogP contribution in [-0.4, -0.2) is 38.1 Å². The normalized spacial score (nSPS) is 14.2. The van der Waals surface area contributed by atoms with Gasteiger partial charge in [-0.05, 0) is 54.5 Å². The number of rotatable bonds is 10. The smallest absolute Gasteiger partial charge is 0.363 e. The van der Waals surface area contributed by atoms with Crippen LogP contribution in [0.2, 0.25) is 0 Å². The van der Waals surface area contributed by atoms with Crippen molar-refractivity contribution in [1.29, 1.82) is 0 Å². The van der Waals surface area contributed by atoms with Crippen LogP contribution in [0.25, 0.3) is 6.08 Å². The van der Waals surface area contributed by atoms with Gasteiger partial charge in [-0.2, -0.15) is 0 Å². The molecule has 162 valence electrons. The van der Waals surface area contributed by atoms with Crippen LogP contribution in [0.4, 0.5) is 0 Å². The molecule has 1 aliphatic heterocycles. The Hall–Kier alpha value is -3.81. The summed E-state index contributed by atoms with van der Waals surface area (Å²) in [5, 5.41) is 0. The summed E-state index contributed by atoms with van der Waals surface area (Å²) in [6.45, 7) is 2.50. The molecule has 1 amide bonds. The van der Waals surface area contributed by atoms with E-state index in [-0.39, 0.29) is 18.2 Å². The first-order valence-electron chi connectivity index (χ1n) is 9.85. The van der Waals surface area contributed by atoms with Crippen LogP contribution in [0.5, 0.6) is 17.2 Å². The van der Waals surface area contributed by atoms with Crippen molar-refractivity contribution in [3.05, 3.63) is 59.3 Å². The number of carbonyl (C=O) groups is 2. The number of nitrogens with two attached hydrogens (primary N) is 1. The van der Waals surface area contributed by atoms with E-state index in [1.165, 1.54) is 7.11 Å². The van der Waals surface area contributed by atoms with E-state index < -0.39 is 11.9 Å². The van der Waals surface area contributed by atoms with Crippen molar-refractivity contribution in [3.63, 3.8) is 0 Å². The molecule has 3 rings (SSSR count). The average molecular weight is 424 g/mol. The number of methoxy groups -OCH3 is 1. The average Bonchev–Trinajstić information content (AvgIpc) is 3.13. The third kappa shape index (κ3) is 5.85. The van der Waals surface area contributed by atoms with Gasteiger partial charge in [0.1, 0.15) is 5.75 Å². The van der Waals surface area contributed by atoms with E-state index in [4.69, 9.17) is 24.7 Å². The predicted molar refractivity (Wildman–Crippen MR) is 115 cm³/mol. The number of unbranched alkanes of at least 4 members (excludes halogenated alkanes) is 1. The van der Waals surface area contributed by atoms with Crippen molar-refractivity contribution < 1.29 is 28.5 Å². The minimum absolute atomic E-state index is 0.158. The second kappa shape index (κ2) is 10.3. The number of cyclic esters (lactones) is 1. The van der Waals surface area contributed by atoms with E-state index in [0.29, 0.717) is 29.2 Å². The molecule has 0 aromatic heterocycles. The number of hydrogen-bond donors (Lipinski definition) is 1. The monoisotopic (exact) mass is 424 g/mol. The Morgan fingerprint density at radius 2 is 1.90 bits per heavy atom. The molecule has 0 spiro atoms. The molecule has 0 atom stereocenters. The second-order valence-electron chi connectivity index (χ2n) is 6.73. The zero-order valence-electron chi connectivity index (χ0n) is 17.4. The van der Waals surface area contributed by atoms with Crippen LogP contribution in [-0.2, 0) is 14.3 Å². The van der Waals surface area contributed by atoms with E-state index in [0.717, 1.165) is 18.6 Å². The van der Waals surface area contributed by atoms with Crippen LogP contribution in [0.15, 0.2) is 53.2 Å². The van der Waals surface area contributed by atoms with Crippen molar-refractivity contribution in [2.45, 2.75) is 19.8 Å². The fraction of sp³-hybridized carbons (Fsp3) is 0.261. The predicted octanol–water partition coefficient (Wildman–Crippen LogP) is 3.08. The van der Waals surface area contributed by atoms with Crippen molar-refractivity contribution in [2.75, 3.05) is 20.3 Å². The van der Waals surface area contributed by atoms with Gasteiger partial charge in [-0.1, -0.05) is 19.4 Å². The van der Waals surface area contributed by atoms with Gasteiger partial charge in [0, 0.05) is 5.56 Å². The van der Waals surface area contributed by atoms with Gasteiger partial charge in [0.2, 0.25) is 5.90 Å². The number of ether oxygens (including phenoxy) is 4. The maximum absolute atomic E-state index is 12.3. The molecular formula is C23H24N2O6. The van der Waals surface area contributed by atoms with Gasteiger partial charge in [-0.3, -0.25) is 4.79 Å². The molecule has 2 aromatic carbocycles. The summed E-state index contributed by atoms with van der Waals surface area (Å²) in [7, 11) is 1.47. The highest BCUT2D eigenvalue weighted by Gasteiger charge is 2.24. The SMILES string of the molecule is CCCCOc1ccc(C2=N/C(=C\c3ccc(OCC(N)=O)c(OC)c3)C(=O)O2)cc1. The summed E-state index contributed by atoms with van der Waals surface area (Å²) in [6.07, 6.45) is 3.64. The first-order chi connectivity index (χ1) is 15.0. The molecule has 0 saturated carbocycles. The van der Waals surface area contributed by atoms with Crippen LogP contribution in [0, 0.1) is 0 Å². The maximum Gasteiger partial charge on any atom is 0.363 e. The molecule has 0 unspecified atom stereocenters. The molecule has 0 aliphatic carbocycles. The van der Waals surface area contributed by atoms with Gasteiger partial charge in [-0.15, -0.1) is 0 Å². The van der Waals surface area contributed by atoms with E-state index in [1.54, 1.807) is 36.4 Å². The molecule has 0 saturated heterocycles. The second-order valence-corrected chi connectivity index (χ2v) is 6.73. The minimum atomic E-state index is -0.593. The highest BCUT2D eigenvalue weighted by molar-refractivity contribution is 6.12. The number of hydrogen-bond acceptors (Lipinski definition) is 7. The van der Waals surface area contributed by atoms with Gasteiger partial charge in [0.05, 0.1) is 13.7 Å². The Balaban J connectivity index is 1.75. The number of nitrogens with zero attached hydrogens (tertiary/aromatic N) is 1. The van der Waals surface area contributed by atoms with Crippen LogP contribution < -0.4 is 19.9 Å². The lowest BCUT2D eigenvalue weighted by molar-refractivity contribution is -0.130. The first-order valence-corrected chi connectivity index (χ1v) is 9.85. The molecule has 1 aliphatic rings.